The maximum Gasteiger partial charge on any atom is 0.227 e. The van der Waals surface area contributed by atoms with Crippen molar-refractivity contribution >= 4 is 22.5 Å². The predicted octanol–water partition coefficient (Wildman–Crippen LogP) is 5.21. The van der Waals surface area contributed by atoms with Crippen molar-refractivity contribution in [1.82, 2.24) is 19.7 Å². The Kier molecular flexibility index (Phi) is 6.01. The Hall–Kier alpha value is -3.38. The highest BCUT2D eigenvalue weighted by molar-refractivity contribution is 5.93. The van der Waals surface area contributed by atoms with Crippen molar-refractivity contribution < 1.29 is 4.79 Å². The molecule has 1 aliphatic heterocycles. The predicted molar refractivity (Wildman–Crippen MR) is 133 cm³/mol. The summed E-state index contributed by atoms with van der Waals surface area (Å²) >= 11 is 0. The summed E-state index contributed by atoms with van der Waals surface area (Å²) in [5.74, 6) is 0.192. The van der Waals surface area contributed by atoms with Gasteiger partial charge in [-0.25, -0.2) is 0 Å². The molecule has 4 aromatic rings. The number of aromatic nitrogens is 3. The van der Waals surface area contributed by atoms with E-state index in [2.05, 4.69) is 70.7 Å². The first-order valence-electron chi connectivity index (χ1n) is 11.8. The minimum Gasteiger partial charge on any atom is -0.355 e. The Balaban J connectivity index is 1.15. The Morgan fingerprint density at radius 3 is 2.58 bits per heavy atom. The van der Waals surface area contributed by atoms with Crippen molar-refractivity contribution in [1.29, 1.82) is 0 Å². The summed E-state index contributed by atoms with van der Waals surface area (Å²) in [5, 5.41) is 8.87. The molecule has 3 heterocycles. The van der Waals surface area contributed by atoms with Crippen LogP contribution in [0.25, 0.3) is 22.2 Å². The number of hydrogen-bond donors (Lipinski definition) is 2. The Morgan fingerprint density at radius 2 is 1.88 bits per heavy atom. The number of hydrogen-bond acceptors (Lipinski definition) is 3. The number of H-pyrrole nitrogens is 1. The van der Waals surface area contributed by atoms with Crippen LogP contribution in [0.1, 0.15) is 31.0 Å². The first-order chi connectivity index (χ1) is 16.1. The molecule has 6 heteroatoms. The van der Waals surface area contributed by atoms with Gasteiger partial charge in [0.1, 0.15) is 0 Å². The molecule has 5 rings (SSSR count). The van der Waals surface area contributed by atoms with Crippen molar-refractivity contribution in [2.45, 2.75) is 39.8 Å². The van der Waals surface area contributed by atoms with E-state index in [4.69, 9.17) is 0 Å². The number of likely N-dealkylation sites (tertiary alicyclic amines) is 1. The number of benzene rings is 2. The summed E-state index contributed by atoms with van der Waals surface area (Å²) in [6.45, 7) is 7.87. The first-order valence-corrected chi connectivity index (χ1v) is 11.8. The van der Waals surface area contributed by atoms with Gasteiger partial charge in [-0.3, -0.25) is 14.4 Å². The van der Waals surface area contributed by atoms with E-state index in [-0.39, 0.29) is 11.8 Å². The molecule has 0 atom stereocenters. The van der Waals surface area contributed by atoms with Gasteiger partial charge in [-0.1, -0.05) is 30.3 Å². The molecule has 2 aromatic heterocycles. The number of aryl methyl sites for hydroxylation is 2. The summed E-state index contributed by atoms with van der Waals surface area (Å²) in [6.07, 6.45) is 3.92. The van der Waals surface area contributed by atoms with Crippen LogP contribution < -0.4 is 5.32 Å². The van der Waals surface area contributed by atoms with Crippen LogP contribution >= 0.6 is 0 Å². The molecule has 0 saturated carbocycles. The first kappa shape index (κ1) is 21.5. The number of fused-ring (bicyclic) bond motifs is 1. The van der Waals surface area contributed by atoms with Gasteiger partial charge in [-0.15, -0.1) is 0 Å². The molecular weight excluding hydrogens is 410 g/mol. The number of para-hydroxylation sites is 1. The molecular formula is C27H31N5O. The lowest BCUT2D eigenvalue weighted by Crippen LogP contribution is -2.37. The fourth-order valence-corrected chi connectivity index (χ4v) is 4.68. The molecule has 0 spiro atoms. The molecule has 0 aliphatic carbocycles. The van der Waals surface area contributed by atoms with Crippen LogP contribution in [0.5, 0.6) is 0 Å². The van der Waals surface area contributed by atoms with E-state index in [1.165, 1.54) is 10.9 Å². The molecule has 2 N–H and O–H groups in total. The third-order valence-corrected chi connectivity index (χ3v) is 6.72. The van der Waals surface area contributed by atoms with Gasteiger partial charge in [0.2, 0.25) is 5.91 Å². The van der Waals surface area contributed by atoms with Crippen LogP contribution in [-0.2, 0) is 17.9 Å². The molecule has 2 aromatic carbocycles. The molecule has 1 aliphatic rings. The van der Waals surface area contributed by atoms with Gasteiger partial charge in [0.15, 0.2) is 0 Å². The van der Waals surface area contributed by atoms with E-state index < -0.39 is 0 Å². The normalized spacial score (nSPS) is 15.2. The molecule has 170 valence electrons. The zero-order valence-electron chi connectivity index (χ0n) is 19.3. The summed E-state index contributed by atoms with van der Waals surface area (Å²) in [6, 6.07) is 18.5. The number of amides is 1. The standard InChI is InChI=1S/C27H31N5O/c1-3-32-18-23(19(2)30-32)17-31-14-12-21(13-15-31)27(33)28-24-10-8-20(9-11-24)26-16-22-6-4-5-7-25(22)29-26/h4-11,16,18,21,29H,3,12-15,17H2,1-2H3,(H,28,33). The molecule has 33 heavy (non-hydrogen) atoms. The van der Waals surface area contributed by atoms with Crippen LogP contribution in [0.15, 0.2) is 60.8 Å². The third kappa shape index (κ3) is 4.71. The van der Waals surface area contributed by atoms with Gasteiger partial charge >= 0.3 is 0 Å². The number of aromatic amines is 1. The summed E-state index contributed by atoms with van der Waals surface area (Å²) in [7, 11) is 0. The van der Waals surface area contributed by atoms with Gasteiger partial charge in [-0.05, 0) is 69.6 Å². The van der Waals surface area contributed by atoms with E-state index in [1.807, 2.05) is 28.9 Å². The second-order valence-electron chi connectivity index (χ2n) is 8.98. The largest absolute Gasteiger partial charge is 0.355 e. The second-order valence-corrected chi connectivity index (χ2v) is 8.98. The minimum absolute atomic E-state index is 0.0640. The topological polar surface area (TPSA) is 66.0 Å². The van der Waals surface area contributed by atoms with Gasteiger partial charge in [0, 0.05) is 53.1 Å². The summed E-state index contributed by atoms with van der Waals surface area (Å²) in [5.41, 5.74) is 6.57. The van der Waals surface area contributed by atoms with Gasteiger partial charge in [-0.2, -0.15) is 5.10 Å². The van der Waals surface area contributed by atoms with Crippen LogP contribution in [0, 0.1) is 12.8 Å². The molecule has 1 amide bonds. The van der Waals surface area contributed by atoms with Gasteiger partial charge in [0.25, 0.3) is 0 Å². The fourth-order valence-electron chi connectivity index (χ4n) is 4.68. The van der Waals surface area contributed by atoms with Crippen molar-refractivity contribution in [3.05, 3.63) is 72.1 Å². The number of rotatable bonds is 6. The Bertz CT molecular complexity index is 1210. The highest BCUT2D eigenvalue weighted by Gasteiger charge is 2.25. The van der Waals surface area contributed by atoms with E-state index in [1.54, 1.807) is 0 Å². The molecule has 6 nitrogen and oxygen atoms in total. The highest BCUT2D eigenvalue weighted by Crippen LogP contribution is 2.26. The summed E-state index contributed by atoms with van der Waals surface area (Å²) < 4.78 is 1.99. The average molecular weight is 442 g/mol. The number of nitrogens with zero attached hydrogens (tertiary/aromatic N) is 3. The van der Waals surface area contributed by atoms with Crippen LogP contribution in [0.3, 0.4) is 0 Å². The van der Waals surface area contributed by atoms with E-state index in [0.717, 1.165) is 67.2 Å². The Labute approximate surface area is 194 Å². The summed E-state index contributed by atoms with van der Waals surface area (Å²) in [4.78, 5) is 18.7. The molecule has 0 bridgehead atoms. The number of carbonyl (C=O) groups is 1. The van der Waals surface area contributed by atoms with Crippen molar-refractivity contribution in [3.63, 3.8) is 0 Å². The molecule has 0 radical (unpaired) electrons. The van der Waals surface area contributed by atoms with Gasteiger partial charge < -0.3 is 10.3 Å². The quantitative estimate of drug-likeness (QED) is 0.432. The lowest BCUT2D eigenvalue weighted by Gasteiger charge is -2.31. The smallest absolute Gasteiger partial charge is 0.227 e. The fraction of sp³-hybridized carbons (Fsp3) is 0.333. The van der Waals surface area contributed by atoms with Crippen molar-refractivity contribution in [2.75, 3.05) is 18.4 Å². The molecule has 1 saturated heterocycles. The maximum absolute atomic E-state index is 12.9. The van der Waals surface area contributed by atoms with Crippen molar-refractivity contribution in [3.8, 4) is 11.3 Å². The lowest BCUT2D eigenvalue weighted by molar-refractivity contribution is -0.121. The zero-order chi connectivity index (χ0) is 22.8. The number of nitrogens with one attached hydrogen (secondary N) is 2. The lowest BCUT2D eigenvalue weighted by atomic mass is 9.95. The SMILES string of the molecule is CCn1cc(CN2CCC(C(=O)Nc3ccc(-c4cc5ccccc5[nH]4)cc3)CC2)c(C)n1. The maximum atomic E-state index is 12.9. The van der Waals surface area contributed by atoms with Crippen LogP contribution in [0.2, 0.25) is 0 Å². The van der Waals surface area contributed by atoms with E-state index >= 15 is 0 Å². The number of piperidine rings is 1. The van der Waals surface area contributed by atoms with Crippen LogP contribution in [-0.4, -0.2) is 38.7 Å². The second kappa shape index (κ2) is 9.24. The van der Waals surface area contributed by atoms with E-state index in [9.17, 15) is 4.79 Å². The van der Waals surface area contributed by atoms with Gasteiger partial charge in [0.05, 0.1) is 5.69 Å². The van der Waals surface area contributed by atoms with E-state index in [0.29, 0.717) is 0 Å². The monoisotopic (exact) mass is 441 g/mol. The third-order valence-electron chi connectivity index (χ3n) is 6.72. The average Bonchev–Trinajstić information content (AvgIpc) is 3.43. The molecule has 0 unspecified atom stereocenters. The minimum atomic E-state index is 0.0640. The number of anilines is 1. The highest BCUT2D eigenvalue weighted by atomic mass is 16.1. The molecule has 1 fully saturated rings. The zero-order valence-corrected chi connectivity index (χ0v) is 19.3. The van der Waals surface area contributed by atoms with Crippen LogP contribution in [0.4, 0.5) is 5.69 Å². The number of carbonyl (C=O) groups excluding carboxylic acids is 1. The Morgan fingerprint density at radius 1 is 1.12 bits per heavy atom. The van der Waals surface area contributed by atoms with Crippen molar-refractivity contribution in [2.24, 2.45) is 5.92 Å².